The maximum absolute atomic E-state index is 13.4. The number of hydrogen-bond acceptors (Lipinski definition) is 4. The van der Waals surface area contributed by atoms with Crippen LogP contribution in [0.15, 0.2) is 34.7 Å². The normalized spacial score (nSPS) is 10.6. The molecule has 0 saturated carbocycles. The lowest BCUT2D eigenvalue weighted by molar-refractivity contribution is 0.0916. The van der Waals surface area contributed by atoms with Crippen molar-refractivity contribution in [3.8, 4) is 5.75 Å². The second-order valence-corrected chi connectivity index (χ2v) is 4.73. The van der Waals surface area contributed by atoms with Gasteiger partial charge in [-0.2, -0.15) is 0 Å². The number of nitrogens with one attached hydrogen (secondary N) is 1. The topological polar surface area (TPSA) is 60.7 Å². The predicted octanol–water partition coefficient (Wildman–Crippen LogP) is 2.90. The summed E-state index contributed by atoms with van der Waals surface area (Å²) in [5, 5.41) is 2.68. The Morgan fingerprint density at radius 1 is 1.26 bits per heavy atom. The summed E-state index contributed by atoms with van der Waals surface area (Å²) < 4.78 is 41.6. The fourth-order valence-electron chi connectivity index (χ4n) is 1.82. The van der Waals surface area contributed by atoms with Crippen LogP contribution in [0, 0.1) is 11.6 Å². The van der Waals surface area contributed by atoms with Gasteiger partial charge in [0.25, 0.3) is 5.91 Å². The van der Waals surface area contributed by atoms with Crippen molar-refractivity contribution in [3.63, 3.8) is 0 Å². The lowest BCUT2D eigenvalue weighted by atomic mass is 10.3. The molecule has 23 heavy (non-hydrogen) atoms. The Kier molecular flexibility index (Phi) is 6.10. The fourth-order valence-corrected chi connectivity index (χ4v) is 1.82. The molecule has 5 nitrogen and oxygen atoms in total. The minimum atomic E-state index is -0.798. The van der Waals surface area contributed by atoms with Crippen LogP contribution in [-0.4, -0.2) is 26.2 Å². The zero-order valence-corrected chi connectivity index (χ0v) is 12.6. The van der Waals surface area contributed by atoms with Gasteiger partial charge in [0.15, 0.2) is 17.3 Å². The minimum absolute atomic E-state index is 0.0699. The van der Waals surface area contributed by atoms with Gasteiger partial charge >= 0.3 is 0 Å². The van der Waals surface area contributed by atoms with Gasteiger partial charge in [0.2, 0.25) is 0 Å². The van der Waals surface area contributed by atoms with Crippen molar-refractivity contribution >= 4 is 5.91 Å². The van der Waals surface area contributed by atoms with Crippen molar-refractivity contribution in [1.82, 2.24) is 5.32 Å². The van der Waals surface area contributed by atoms with Crippen molar-refractivity contribution in [2.45, 2.75) is 13.0 Å². The van der Waals surface area contributed by atoms with E-state index in [4.69, 9.17) is 13.9 Å². The van der Waals surface area contributed by atoms with Crippen LogP contribution in [0.3, 0.4) is 0 Å². The number of methoxy groups -OCH3 is 1. The summed E-state index contributed by atoms with van der Waals surface area (Å²) >= 11 is 0. The zero-order valence-electron chi connectivity index (χ0n) is 12.6. The highest BCUT2D eigenvalue weighted by molar-refractivity contribution is 5.91. The van der Waals surface area contributed by atoms with E-state index < -0.39 is 11.6 Å². The lowest BCUT2D eigenvalue weighted by Crippen LogP contribution is -2.24. The number of amides is 1. The summed E-state index contributed by atoms with van der Waals surface area (Å²) in [6, 6.07) is 6.09. The largest absolute Gasteiger partial charge is 0.483 e. The molecule has 2 rings (SSSR count). The molecule has 0 radical (unpaired) electrons. The summed E-state index contributed by atoms with van der Waals surface area (Å²) in [6.07, 6.45) is 0.697. The standard InChI is InChI=1S/C16H17F2NO4/c1-21-8-2-7-19-16(20)15-6-4-12(23-15)10-22-14-5-3-11(17)9-13(14)18/h3-6,9H,2,7-8,10H2,1H3,(H,19,20). The van der Waals surface area contributed by atoms with Gasteiger partial charge in [0, 0.05) is 26.3 Å². The molecule has 1 amide bonds. The monoisotopic (exact) mass is 325 g/mol. The molecule has 1 heterocycles. The molecule has 1 aromatic carbocycles. The molecule has 1 N–H and O–H groups in total. The van der Waals surface area contributed by atoms with Gasteiger partial charge in [0.1, 0.15) is 18.2 Å². The number of furan rings is 1. The third-order valence-corrected chi connectivity index (χ3v) is 2.96. The molecule has 0 aliphatic carbocycles. The molecule has 0 aliphatic rings. The smallest absolute Gasteiger partial charge is 0.286 e. The van der Waals surface area contributed by atoms with Gasteiger partial charge in [-0.3, -0.25) is 4.79 Å². The van der Waals surface area contributed by atoms with Crippen LogP contribution in [0.4, 0.5) is 8.78 Å². The van der Waals surface area contributed by atoms with Crippen LogP contribution in [0.25, 0.3) is 0 Å². The average Bonchev–Trinajstić information content (AvgIpc) is 2.99. The molecule has 0 saturated heterocycles. The summed E-state index contributed by atoms with van der Waals surface area (Å²) in [5.41, 5.74) is 0. The number of ether oxygens (including phenoxy) is 2. The highest BCUT2D eigenvalue weighted by Crippen LogP contribution is 2.19. The Labute approximate surface area is 132 Å². The number of carbonyl (C=O) groups excluding carboxylic acids is 1. The molecule has 0 bridgehead atoms. The van der Waals surface area contributed by atoms with Gasteiger partial charge in [-0.1, -0.05) is 0 Å². The Balaban J connectivity index is 1.85. The van der Waals surface area contributed by atoms with Crippen LogP contribution in [0.2, 0.25) is 0 Å². The number of halogens is 2. The van der Waals surface area contributed by atoms with Gasteiger partial charge in [0.05, 0.1) is 0 Å². The van der Waals surface area contributed by atoms with E-state index >= 15 is 0 Å². The van der Waals surface area contributed by atoms with E-state index in [2.05, 4.69) is 5.32 Å². The SMILES string of the molecule is COCCCNC(=O)c1ccc(COc2ccc(F)cc2F)o1. The molecule has 2 aromatic rings. The van der Waals surface area contributed by atoms with Crippen LogP contribution in [0.5, 0.6) is 5.75 Å². The lowest BCUT2D eigenvalue weighted by Gasteiger charge is -2.05. The number of rotatable bonds is 8. The first-order valence-corrected chi connectivity index (χ1v) is 7.04. The maximum Gasteiger partial charge on any atom is 0.286 e. The average molecular weight is 325 g/mol. The second-order valence-electron chi connectivity index (χ2n) is 4.73. The molecule has 0 atom stereocenters. The van der Waals surface area contributed by atoms with Crippen molar-refractivity contribution in [3.05, 3.63) is 53.5 Å². The minimum Gasteiger partial charge on any atom is -0.483 e. The first-order chi connectivity index (χ1) is 11.1. The molecular weight excluding hydrogens is 308 g/mol. The highest BCUT2D eigenvalue weighted by Gasteiger charge is 2.12. The number of hydrogen-bond donors (Lipinski definition) is 1. The summed E-state index contributed by atoms with van der Waals surface area (Å²) in [4.78, 5) is 11.8. The van der Waals surface area contributed by atoms with Crippen LogP contribution < -0.4 is 10.1 Å². The van der Waals surface area contributed by atoms with Crippen molar-refractivity contribution in [1.29, 1.82) is 0 Å². The molecule has 1 aromatic heterocycles. The maximum atomic E-state index is 13.4. The quantitative estimate of drug-likeness (QED) is 0.758. The molecular formula is C16H17F2NO4. The zero-order chi connectivity index (χ0) is 16.7. The highest BCUT2D eigenvalue weighted by atomic mass is 19.1. The van der Waals surface area contributed by atoms with E-state index in [9.17, 15) is 13.6 Å². The first-order valence-electron chi connectivity index (χ1n) is 7.04. The second kappa shape index (κ2) is 8.28. The number of carbonyl (C=O) groups is 1. The van der Waals surface area contributed by atoms with Gasteiger partial charge in [-0.25, -0.2) is 8.78 Å². The van der Waals surface area contributed by atoms with E-state index in [0.29, 0.717) is 25.3 Å². The molecule has 0 fully saturated rings. The summed E-state index contributed by atoms with van der Waals surface area (Å²) in [6.45, 7) is 0.959. The third kappa shape index (κ3) is 5.07. The van der Waals surface area contributed by atoms with Gasteiger partial charge in [-0.05, 0) is 30.7 Å². The van der Waals surface area contributed by atoms with Crippen LogP contribution in [-0.2, 0) is 11.3 Å². The van der Waals surface area contributed by atoms with Crippen LogP contribution >= 0.6 is 0 Å². The Morgan fingerprint density at radius 3 is 2.83 bits per heavy atom. The van der Waals surface area contributed by atoms with Crippen LogP contribution in [0.1, 0.15) is 22.7 Å². The summed E-state index contributed by atoms with van der Waals surface area (Å²) in [7, 11) is 1.59. The molecule has 0 aliphatic heterocycles. The van der Waals surface area contributed by atoms with E-state index in [-0.39, 0.29) is 24.0 Å². The third-order valence-electron chi connectivity index (χ3n) is 2.96. The Bertz CT molecular complexity index is 657. The van der Waals surface area contributed by atoms with E-state index in [1.54, 1.807) is 13.2 Å². The van der Waals surface area contributed by atoms with E-state index in [1.807, 2.05) is 0 Å². The fraction of sp³-hybridized carbons (Fsp3) is 0.312. The van der Waals surface area contributed by atoms with E-state index in [0.717, 1.165) is 12.1 Å². The predicted molar refractivity (Wildman–Crippen MR) is 78.2 cm³/mol. The Morgan fingerprint density at radius 2 is 2.09 bits per heavy atom. The van der Waals surface area contributed by atoms with Gasteiger partial charge in [-0.15, -0.1) is 0 Å². The van der Waals surface area contributed by atoms with Crippen molar-refractivity contribution < 1.29 is 27.5 Å². The van der Waals surface area contributed by atoms with Crippen molar-refractivity contribution in [2.24, 2.45) is 0 Å². The molecule has 0 spiro atoms. The van der Waals surface area contributed by atoms with Gasteiger partial charge < -0.3 is 19.2 Å². The van der Waals surface area contributed by atoms with Crippen molar-refractivity contribution in [2.75, 3.05) is 20.3 Å². The van der Waals surface area contributed by atoms with E-state index in [1.165, 1.54) is 12.1 Å². The Hall–Kier alpha value is -2.41. The molecule has 0 unspecified atom stereocenters. The summed E-state index contributed by atoms with van der Waals surface area (Å²) in [5.74, 6) is -1.42. The molecule has 124 valence electrons. The molecule has 7 heteroatoms. The number of benzene rings is 1. The first kappa shape index (κ1) is 17.0.